The van der Waals surface area contributed by atoms with Crippen molar-refractivity contribution in [3.05, 3.63) is 102 Å². The third-order valence-electron chi connectivity index (χ3n) is 4.81. The number of rotatable bonds is 10. The van der Waals surface area contributed by atoms with Gasteiger partial charge in [0.2, 0.25) is 0 Å². The lowest BCUT2D eigenvalue weighted by Crippen LogP contribution is -2.39. The Hall–Kier alpha value is -3.83. The van der Waals surface area contributed by atoms with Gasteiger partial charge in [-0.2, -0.15) is 18.3 Å². The predicted molar refractivity (Wildman–Crippen MR) is 135 cm³/mol. The highest BCUT2D eigenvalue weighted by molar-refractivity contribution is 7.92. The molecule has 0 radical (unpaired) electrons. The summed E-state index contributed by atoms with van der Waals surface area (Å²) in [5.74, 6) is -0.283. The van der Waals surface area contributed by atoms with E-state index in [1.54, 1.807) is 36.4 Å². The number of benzene rings is 3. The van der Waals surface area contributed by atoms with Crippen LogP contribution >= 0.6 is 11.6 Å². The molecule has 7 nitrogen and oxygen atoms in total. The van der Waals surface area contributed by atoms with Gasteiger partial charge in [-0.05, 0) is 60.2 Å². The zero-order valence-corrected chi connectivity index (χ0v) is 20.7. The van der Waals surface area contributed by atoms with Crippen LogP contribution in [0.4, 0.5) is 18.9 Å². The summed E-state index contributed by atoms with van der Waals surface area (Å²) in [7, 11) is -4.42. The number of hydrogen-bond acceptors (Lipinski definition) is 5. The number of amides is 1. The molecule has 0 saturated carbocycles. The number of nitrogens with zero attached hydrogens (tertiary/aromatic N) is 2. The highest BCUT2D eigenvalue weighted by atomic mass is 35.5. The molecule has 0 aliphatic heterocycles. The molecule has 0 unspecified atom stereocenters. The largest absolute Gasteiger partial charge is 0.490 e. The van der Waals surface area contributed by atoms with E-state index in [9.17, 15) is 26.4 Å². The minimum Gasteiger partial charge on any atom is -0.490 e. The standard InChI is InChI=1S/C25H21ClF3N3O4S/c1-2-14-36-20-11-8-18(9-12-20)16-30-31-24(33)17-32(37(34,35)21-6-4-3-5-7-21)19-10-13-23(26)22(15-19)25(27,28)29/h2-13,15-16H,1,14,17H2,(H,31,33)/b30-16+. The SMILES string of the molecule is C=CCOc1ccc(/C=N/NC(=O)CN(c2ccc(Cl)c(C(F)(F)F)c2)S(=O)(=O)c2ccccc2)cc1. The van der Waals surface area contributed by atoms with Gasteiger partial charge in [-0.25, -0.2) is 13.8 Å². The van der Waals surface area contributed by atoms with E-state index in [1.807, 2.05) is 0 Å². The third-order valence-corrected chi connectivity index (χ3v) is 6.93. The molecular formula is C25H21ClF3N3O4S. The first-order chi connectivity index (χ1) is 17.5. The number of hydrogen-bond donors (Lipinski definition) is 1. The third kappa shape index (κ3) is 7.34. The second-order valence-electron chi connectivity index (χ2n) is 7.45. The van der Waals surface area contributed by atoms with E-state index in [0.29, 0.717) is 28.3 Å². The number of nitrogens with one attached hydrogen (secondary N) is 1. The van der Waals surface area contributed by atoms with Crippen LogP contribution in [0.3, 0.4) is 0 Å². The first-order valence-corrected chi connectivity index (χ1v) is 12.4. The van der Waals surface area contributed by atoms with Crippen molar-refractivity contribution in [2.45, 2.75) is 11.1 Å². The van der Waals surface area contributed by atoms with Crippen LogP contribution in [0.2, 0.25) is 5.02 Å². The van der Waals surface area contributed by atoms with E-state index in [1.165, 1.54) is 30.5 Å². The zero-order chi connectivity index (χ0) is 27.1. The molecule has 0 spiro atoms. The molecule has 3 rings (SSSR count). The number of alkyl halides is 3. The summed E-state index contributed by atoms with van der Waals surface area (Å²) < 4.78 is 72.8. The van der Waals surface area contributed by atoms with E-state index >= 15 is 0 Å². The maximum atomic E-state index is 13.4. The van der Waals surface area contributed by atoms with Gasteiger partial charge in [-0.3, -0.25) is 9.10 Å². The lowest BCUT2D eigenvalue weighted by atomic mass is 10.2. The average Bonchev–Trinajstić information content (AvgIpc) is 2.87. The number of halogens is 4. The van der Waals surface area contributed by atoms with Gasteiger partial charge in [0, 0.05) is 0 Å². The Kier molecular flexibility index (Phi) is 8.95. The van der Waals surface area contributed by atoms with E-state index in [2.05, 4.69) is 17.1 Å². The molecule has 1 amide bonds. The van der Waals surface area contributed by atoms with Crippen LogP contribution in [0.25, 0.3) is 0 Å². The van der Waals surface area contributed by atoms with E-state index < -0.39 is 44.9 Å². The summed E-state index contributed by atoms with van der Waals surface area (Å²) in [4.78, 5) is 12.4. The number of anilines is 1. The Morgan fingerprint density at radius 1 is 1.08 bits per heavy atom. The van der Waals surface area contributed by atoms with Crippen LogP contribution in [0.15, 0.2) is 95.4 Å². The second-order valence-corrected chi connectivity index (χ2v) is 9.72. The number of sulfonamides is 1. The van der Waals surface area contributed by atoms with Crippen LogP contribution in [0.1, 0.15) is 11.1 Å². The molecule has 0 atom stereocenters. The molecule has 194 valence electrons. The van der Waals surface area contributed by atoms with Gasteiger partial charge in [0.05, 0.1) is 27.4 Å². The van der Waals surface area contributed by atoms with Crippen LogP contribution in [0, 0.1) is 0 Å². The molecule has 3 aromatic carbocycles. The molecular weight excluding hydrogens is 531 g/mol. The van der Waals surface area contributed by atoms with Crippen LogP contribution in [-0.2, 0) is 21.0 Å². The molecule has 1 N–H and O–H groups in total. The van der Waals surface area contributed by atoms with Crippen LogP contribution < -0.4 is 14.5 Å². The number of carbonyl (C=O) groups excluding carboxylic acids is 1. The molecule has 0 fully saturated rings. The molecule has 0 saturated heterocycles. The fourth-order valence-corrected chi connectivity index (χ4v) is 4.73. The van der Waals surface area contributed by atoms with Crippen molar-refractivity contribution >= 4 is 39.4 Å². The molecule has 0 aliphatic rings. The van der Waals surface area contributed by atoms with Crippen LogP contribution in [-0.4, -0.2) is 33.7 Å². The van der Waals surface area contributed by atoms with Gasteiger partial charge in [-0.1, -0.05) is 42.5 Å². The molecule has 0 bridgehead atoms. The Balaban J connectivity index is 1.85. The summed E-state index contributed by atoms with van der Waals surface area (Å²) in [6.07, 6.45) is -1.93. The minimum absolute atomic E-state index is 0.214. The molecule has 3 aromatic rings. The van der Waals surface area contributed by atoms with Crippen molar-refractivity contribution in [3.63, 3.8) is 0 Å². The Bertz CT molecular complexity index is 1380. The van der Waals surface area contributed by atoms with Gasteiger partial charge in [0.1, 0.15) is 18.9 Å². The van der Waals surface area contributed by atoms with E-state index in [-0.39, 0.29) is 4.90 Å². The smallest absolute Gasteiger partial charge is 0.417 e. The molecule has 0 heterocycles. The normalized spacial score (nSPS) is 11.8. The van der Waals surface area contributed by atoms with Gasteiger partial charge in [0.15, 0.2) is 0 Å². The number of ether oxygens (including phenoxy) is 1. The Morgan fingerprint density at radius 2 is 1.76 bits per heavy atom. The lowest BCUT2D eigenvalue weighted by Gasteiger charge is -2.24. The highest BCUT2D eigenvalue weighted by Crippen LogP contribution is 2.38. The van der Waals surface area contributed by atoms with Gasteiger partial charge >= 0.3 is 6.18 Å². The summed E-state index contributed by atoms with van der Waals surface area (Å²) >= 11 is 5.69. The molecule has 12 heteroatoms. The Labute approximate surface area is 216 Å². The number of hydrazone groups is 1. The summed E-state index contributed by atoms with van der Waals surface area (Å²) in [6.45, 7) is 3.05. The highest BCUT2D eigenvalue weighted by Gasteiger charge is 2.35. The van der Waals surface area contributed by atoms with E-state index in [0.717, 1.165) is 12.1 Å². The minimum atomic E-state index is -4.84. The number of carbonyl (C=O) groups is 1. The summed E-state index contributed by atoms with van der Waals surface area (Å²) in [5.41, 5.74) is 1.17. The Morgan fingerprint density at radius 3 is 2.38 bits per heavy atom. The van der Waals surface area contributed by atoms with Crippen molar-refractivity contribution in [2.24, 2.45) is 5.10 Å². The van der Waals surface area contributed by atoms with Gasteiger partial charge < -0.3 is 4.74 Å². The fourth-order valence-electron chi connectivity index (χ4n) is 3.07. The monoisotopic (exact) mass is 551 g/mol. The second kappa shape index (κ2) is 11.9. The average molecular weight is 552 g/mol. The van der Waals surface area contributed by atoms with Crippen molar-refractivity contribution in [3.8, 4) is 5.75 Å². The quantitative estimate of drug-likeness (QED) is 0.211. The summed E-state index contributed by atoms with van der Waals surface area (Å²) in [6, 6.07) is 16.3. The fraction of sp³-hybridized carbons (Fsp3) is 0.120. The maximum absolute atomic E-state index is 13.4. The molecule has 37 heavy (non-hydrogen) atoms. The van der Waals surface area contributed by atoms with E-state index in [4.69, 9.17) is 16.3 Å². The van der Waals surface area contributed by atoms with Gasteiger partial charge in [0.25, 0.3) is 15.9 Å². The van der Waals surface area contributed by atoms with Gasteiger partial charge in [-0.15, -0.1) is 0 Å². The zero-order valence-electron chi connectivity index (χ0n) is 19.2. The van der Waals surface area contributed by atoms with Crippen LogP contribution in [0.5, 0.6) is 5.75 Å². The van der Waals surface area contributed by atoms with Crippen molar-refractivity contribution in [1.29, 1.82) is 0 Å². The topological polar surface area (TPSA) is 88.1 Å². The lowest BCUT2D eigenvalue weighted by molar-refractivity contribution is -0.137. The summed E-state index contributed by atoms with van der Waals surface area (Å²) in [5, 5.41) is 3.19. The predicted octanol–water partition coefficient (Wildman–Crippen LogP) is 5.27. The first-order valence-electron chi connectivity index (χ1n) is 10.6. The van der Waals surface area contributed by atoms with Crippen molar-refractivity contribution < 1.29 is 31.1 Å². The van der Waals surface area contributed by atoms with Crippen molar-refractivity contribution in [2.75, 3.05) is 17.5 Å². The molecule has 0 aromatic heterocycles. The van der Waals surface area contributed by atoms with Crippen molar-refractivity contribution in [1.82, 2.24) is 5.43 Å². The maximum Gasteiger partial charge on any atom is 0.417 e. The first kappa shape index (κ1) is 27.8. The molecule has 0 aliphatic carbocycles.